The van der Waals surface area contributed by atoms with Crippen molar-refractivity contribution >= 4 is 11.7 Å². The van der Waals surface area contributed by atoms with Gasteiger partial charge in [0.25, 0.3) is 11.7 Å². The SMILES string of the molecule is Cc1ccnc2nc(C(=O)N3CCC(C)CC3CN)nn12. The summed E-state index contributed by atoms with van der Waals surface area (Å²) in [6.07, 6.45) is 3.60. The molecule has 21 heavy (non-hydrogen) atoms. The molecule has 0 saturated carbocycles. The Kier molecular flexibility index (Phi) is 3.59. The fourth-order valence-electron chi connectivity index (χ4n) is 2.87. The molecule has 1 amide bonds. The minimum Gasteiger partial charge on any atom is -0.332 e. The van der Waals surface area contributed by atoms with Crippen molar-refractivity contribution in [3.63, 3.8) is 0 Å². The van der Waals surface area contributed by atoms with E-state index in [1.54, 1.807) is 10.7 Å². The van der Waals surface area contributed by atoms with Crippen LogP contribution in [0.2, 0.25) is 0 Å². The predicted octanol–water partition coefficient (Wildman–Crippen LogP) is 0.632. The topological polar surface area (TPSA) is 89.4 Å². The van der Waals surface area contributed by atoms with Crippen molar-refractivity contribution in [3.8, 4) is 0 Å². The van der Waals surface area contributed by atoms with Gasteiger partial charge in [-0.1, -0.05) is 6.92 Å². The first-order valence-corrected chi connectivity index (χ1v) is 7.29. The maximum atomic E-state index is 12.7. The first-order valence-electron chi connectivity index (χ1n) is 7.29. The number of nitrogens with two attached hydrogens (primary N) is 1. The van der Waals surface area contributed by atoms with Crippen molar-refractivity contribution in [2.24, 2.45) is 11.7 Å². The number of nitrogens with zero attached hydrogens (tertiary/aromatic N) is 5. The third-order valence-corrected chi connectivity index (χ3v) is 4.13. The molecule has 1 aliphatic rings. The zero-order chi connectivity index (χ0) is 15.0. The van der Waals surface area contributed by atoms with Crippen LogP contribution < -0.4 is 5.73 Å². The van der Waals surface area contributed by atoms with Crippen LogP contribution in [0.1, 0.15) is 36.1 Å². The minimum atomic E-state index is -0.151. The summed E-state index contributed by atoms with van der Waals surface area (Å²) in [7, 11) is 0. The van der Waals surface area contributed by atoms with Crippen molar-refractivity contribution in [1.82, 2.24) is 24.5 Å². The molecule has 2 N–H and O–H groups in total. The van der Waals surface area contributed by atoms with Gasteiger partial charge in [-0.25, -0.2) is 9.50 Å². The highest BCUT2D eigenvalue weighted by Crippen LogP contribution is 2.23. The van der Waals surface area contributed by atoms with Gasteiger partial charge >= 0.3 is 0 Å². The summed E-state index contributed by atoms with van der Waals surface area (Å²) in [6, 6.07) is 1.91. The van der Waals surface area contributed by atoms with Gasteiger partial charge in [0.15, 0.2) is 0 Å². The molecule has 0 aliphatic carbocycles. The summed E-state index contributed by atoms with van der Waals surface area (Å²) in [5.41, 5.74) is 6.72. The van der Waals surface area contributed by atoms with Gasteiger partial charge < -0.3 is 10.6 Å². The highest BCUT2D eigenvalue weighted by Gasteiger charge is 2.31. The molecule has 2 atom stereocenters. The van der Waals surface area contributed by atoms with E-state index < -0.39 is 0 Å². The molecule has 7 heteroatoms. The molecule has 2 aromatic heterocycles. The van der Waals surface area contributed by atoms with E-state index in [4.69, 9.17) is 5.73 Å². The monoisotopic (exact) mass is 288 g/mol. The maximum absolute atomic E-state index is 12.7. The number of piperidine rings is 1. The summed E-state index contributed by atoms with van der Waals surface area (Å²) in [5.74, 6) is 1.10. The van der Waals surface area contributed by atoms with Crippen LogP contribution in [0.4, 0.5) is 0 Å². The third-order valence-electron chi connectivity index (χ3n) is 4.13. The quantitative estimate of drug-likeness (QED) is 0.875. The molecule has 0 spiro atoms. The number of fused-ring (bicyclic) bond motifs is 1. The lowest BCUT2D eigenvalue weighted by atomic mass is 9.92. The van der Waals surface area contributed by atoms with Crippen LogP contribution in [0.3, 0.4) is 0 Å². The second-order valence-corrected chi connectivity index (χ2v) is 5.75. The van der Waals surface area contributed by atoms with E-state index in [1.807, 2.05) is 17.9 Å². The second-order valence-electron chi connectivity index (χ2n) is 5.75. The van der Waals surface area contributed by atoms with Crippen LogP contribution in [0.25, 0.3) is 5.78 Å². The van der Waals surface area contributed by atoms with E-state index in [0.717, 1.165) is 18.5 Å². The average molecular weight is 288 g/mol. The van der Waals surface area contributed by atoms with Crippen molar-refractivity contribution < 1.29 is 4.79 Å². The van der Waals surface area contributed by atoms with Gasteiger partial charge in [0.05, 0.1) is 0 Å². The Bertz CT molecular complexity index is 667. The van der Waals surface area contributed by atoms with Crippen LogP contribution >= 0.6 is 0 Å². The molecule has 2 aromatic rings. The molecule has 0 aromatic carbocycles. The summed E-state index contributed by atoms with van der Waals surface area (Å²) in [4.78, 5) is 22.9. The van der Waals surface area contributed by atoms with Gasteiger partial charge in [-0.05, 0) is 31.7 Å². The molecular formula is C14H20N6O. The lowest BCUT2D eigenvalue weighted by Crippen LogP contribution is -2.49. The Morgan fingerprint density at radius 1 is 1.52 bits per heavy atom. The molecule has 7 nitrogen and oxygen atoms in total. The maximum Gasteiger partial charge on any atom is 0.293 e. The number of likely N-dealkylation sites (tertiary alicyclic amines) is 1. The van der Waals surface area contributed by atoms with Crippen molar-refractivity contribution in [2.75, 3.05) is 13.1 Å². The van der Waals surface area contributed by atoms with Crippen LogP contribution in [-0.4, -0.2) is 49.5 Å². The Hall–Kier alpha value is -2.02. The number of hydrogen-bond acceptors (Lipinski definition) is 5. The summed E-state index contributed by atoms with van der Waals surface area (Å²) < 4.78 is 1.59. The van der Waals surface area contributed by atoms with Gasteiger partial charge in [0, 0.05) is 31.0 Å². The Morgan fingerprint density at radius 3 is 3.05 bits per heavy atom. The fourth-order valence-corrected chi connectivity index (χ4v) is 2.87. The van der Waals surface area contributed by atoms with Crippen LogP contribution in [0, 0.1) is 12.8 Å². The molecular weight excluding hydrogens is 268 g/mol. The first-order chi connectivity index (χ1) is 10.1. The Balaban J connectivity index is 1.91. The van der Waals surface area contributed by atoms with E-state index >= 15 is 0 Å². The minimum absolute atomic E-state index is 0.0712. The number of aryl methyl sites for hydroxylation is 1. The summed E-state index contributed by atoms with van der Waals surface area (Å²) in [6.45, 7) is 5.29. The average Bonchev–Trinajstić information content (AvgIpc) is 2.92. The molecule has 3 rings (SSSR count). The highest BCUT2D eigenvalue weighted by atomic mass is 16.2. The highest BCUT2D eigenvalue weighted by molar-refractivity contribution is 5.91. The zero-order valence-electron chi connectivity index (χ0n) is 12.4. The van der Waals surface area contributed by atoms with Crippen molar-refractivity contribution in [1.29, 1.82) is 0 Å². The number of aromatic nitrogens is 4. The number of rotatable bonds is 2. The van der Waals surface area contributed by atoms with E-state index in [-0.39, 0.29) is 17.8 Å². The summed E-state index contributed by atoms with van der Waals surface area (Å²) in [5, 5.41) is 4.29. The number of hydrogen-bond donors (Lipinski definition) is 1. The first kappa shape index (κ1) is 13.9. The van der Waals surface area contributed by atoms with Crippen LogP contribution in [0.5, 0.6) is 0 Å². The fraction of sp³-hybridized carbons (Fsp3) is 0.571. The molecule has 1 fully saturated rings. The number of carbonyl (C=O) groups is 1. The predicted molar refractivity (Wildman–Crippen MR) is 77.8 cm³/mol. The third kappa shape index (κ3) is 2.49. The molecule has 0 radical (unpaired) electrons. The molecule has 0 bridgehead atoms. The van der Waals surface area contributed by atoms with E-state index in [9.17, 15) is 4.79 Å². The van der Waals surface area contributed by atoms with Gasteiger partial charge in [0.2, 0.25) is 5.82 Å². The van der Waals surface area contributed by atoms with Gasteiger partial charge in [0.1, 0.15) is 0 Å². The normalized spacial score (nSPS) is 22.7. The molecule has 3 heterocycles. The van der Waals surface area contributed by atoms with E-state index in [2.05, 4.69) is 22.0 Å². The second kappa shape index (κ2) is 5.40. The van der Waals surface area contributed by atoms with Gasteiger partial charge in [-0.15, -0.1) is 5.10 Å². The number of carbonyl (C=O) groups excluding carboxylic acids is 1. The van der Waals surface area contributed by atoms with Crippen molar-refractivity contribution in [2.45, 2.75) is 32.7 Å². The lowest BCUT2D eigenvalue weighted by Gasteiger charge is -2.37. The van der Waals surface area contributed by atoms with Gasteiger partial charge in [-0.2, -0.15) is 4.98 Å². The smallest absolute Gasteiger partial charge is 0.293 e. The summed E-state index contributed by atoms with van der Waals surface area (Å²) >= 11 is 0. The molecule has 1 saturated heterocycles. The van der Waals surface area contributed by atoms with E-state index in [0.29, 0.717) is 24.8 Å². The standard InChI is InChI=1S/C14H20N6O/c1-9-4-6-19(11(7-9)8-15)13(21)12-17-14-16-5-3-10(2)20(14)18-12/h3,5,9,11H,4,6-8,15H2,1-2H3. The zero-order valence-corrected chi connectivity index (χ0v) is 12.4. The van der Waals surface area contributed by atoms with Crippen LogP contribution in [-0.2, 0) is 0 Å². The van der Waals surface area contributed by atoms with Crippen LogP contribution in [0.15, 0.2) is 12.3 Å². The number of amides is 1. The molecule has 2 unspecified atom stereocenters. The van der Waals surface area contributed by atoms with Crippen molar-refractivity contribution in [3.05, 3.63) is 23.8 Å². The Morgan fingerprint density at radius 2 is 2.33 bits per heavy atom. The lowest BCUT2D eigenvalue weighted by molar-refractivity contribution is 0.0561. The molecule has 1 aliphatic heterocycles. The Labute approximate surface area is 123 Å². The van der Waals surface area contributed by atoms with Gasteiger partial charge in [-0.3, -0.25) is 4.79 Å². The largest absolute Gasteiger partial charge is 0.332 e. The molecule has 112 valence electrons. The van der Waals surface area contributed by atoms with E-state index in [1.165, 1.54) is 0 Å².